The van der Waals surface area contributed by atoms with Crippen molar-refractivity contribution in [1.82, 2.24) is 4.90 Å². The second kappa shape index (κ2) is 5.05. The number of rotatable bonds is 4. The van der Waals surface area contributed by atoms with Gasteiger partial charge in [0.25, 0.3) is 0 Å². The average Bonchev–Trinajstić information content (AvgIpc) is 2.16. The Hall–Kier alpha value is -0.0800. The molecule has 16 heavy (non-hydrogen) atoms. The first-order chi connectivity index (χ1) is 7.29. The maximum absolute atomic E-state index is 6.56. The summed E-state index contributed by atoms with van der Waals surface area (Å²) in [7, 11) is 2.22. The fraction of sp³-hybridized carbons (Fsp3) is 1.00. The molecule has 0 spiro atoms. The molecule has 1 aliphatic rings. The first-order valence-electron chi connectivity index (χ1n) is 6.79. The van der Waals surface area contributed by atoms with E-state index in [2.05, 4.69) is 39.6 Å². The highest BCUT2D eigenvalue weighted by atomic mass is 15.2. The van der Waals surface area contributed by atoms with Crippen LogP contribution in [0.3, 0.4) is 0 Å². The SMILES string of the molecule is CCC(C)(C)N(C)CC1(N)CCCC(C)C1. The minimum atomic E-state index is 0.0544. The molecule has 1 aliphatic carbocycles. The lowest BCUT2D eigenvalue weighted by Gasteiger charge is -2.44. The second-order valence-electron chi connectivity index (χ2n) is 6.59. The third kappa shape index (κ3) is 3.46. The second-order valence-corrected chi connectivity index (χ2v) is 6.59. The molecular formula is C14H30N2. The van der Waals surface area contributed by atoms with Crippen LogP contribution in [0.2, 0.25) is 0 Å². The molecule has 96 valence electrons. The zero-order valence-corrected chi connectivity index (χ0v) is 11.8. The summed E-state index contributed by atoms with van der Waals surface area (Å²) in [4.78, 5) is 2.45. The number of nitrogens with zero attached hydrogens (tertiary/aromatic N) is 1. The van der Waals surface area contributed by atoms with E-state index in [1.165, 1.54) is 32.1 Å². The average molecular weight is 226 g/mol. The molecule has 1 fully saturated rings. The summed E-state index contributed by atoms with van der Waals surface area (Å²) in [5, 5.41) is 0. The van der Waals surface area contributed by atoms with E-state index in [1.54, 1.807) is 0 Å². The standard InChI is InChI=1S/C14H30N2/c1-6-13(3,4)16(5)11-14(15)9-7-8-12(2)10-14/h12H,6-11,15H2,1-5H3. The molecule has 1 rings (SSSR count). The van der Waals surface area contributed by atoms with Gasteiger partial charge in [0, 0.05) is 17.6 Å². The van der Waals surface area contributed by atoms with Gasteiger partial charge in [-0.25, -0.2) is 0 Å². The van der Waals surface area contributed by atoms with E-state index in [0.29, 0.717) is 0 Å². The highest BCUT2D eigenvalue weighted by molar-refractivity contribution is 4.94. The first-order valence-corrected chi connectivity index (χ1v) is 6.79. The molecule has 0 saturated heterocycles. The highest BCUT2D eigenvalue weighted by Gasteiger charge is 2.34. The van der Waals surface area contributed by atoms with E-state index >= 15 is 0 Å². The molecule has 2 N–H and O–H groups in total. The lowest BCUT2D eigenvalue weighted by Crippen LogP contribution is -2.56. The Bertz CT molecular complexity index is 225. The van der Waals surface area contributed by atoms with E-state index < -0.39 is 0 Å². The molecule has 0 bridgehead atoms. The van der Waals surface area contributed by atoms with Gasteiger partial charge in [0.05, 0.1) is 0 Å². The maximum Gasteiger partial charge on any atom is 0.0286 e. The van der Waals surface area contributed by atoms with E-state index in [1.807, 2.05) is 0 Å². The van der Waals surface area contributed by atoms with Crippen molar-refractivity contribution in [2.75, 3.05) is 13.6 Å². The fourth-order valence-electron chi connectivity index (χ4n) is 2.80. The molecule has 0 aromatic carbocycles. The van der Waals surface area contributed by atoms with Crippen LogP contribution < -0.4 is 5.73 Å². The van der Waals surface area contributed by atoms with Crippen LogP contribution in [0.5, 0.6) is 0 Å². The molecule has 1 saturated carbocycles. The summed E-state index contributed by atoms with van der Waals surface area (Å²) in [6.45, 7) is 10.2. The topological polar surface area (TPSA) is 29.3 Å². The van der Waals surface area contributed by atoms with Gasteiger partial charge < -0.3 is 5.73 Å². The third-order valence-electron chi connectivity index (χ3n) is 4.58. The van der Waals surface area contributed by atoms with E-state index in [-0.39, 0.29) is 11.1 Å². The zero-order valence-electron chi connectivity index (χ0n) is 11.8. The first kappa shape index (κ1) is 14.0. The molecule has 0 aliphatic heterocycles. The smallest absolute Gasteiger partial charge is 0.0286 e. The van der Waals surface area contributed by atoms with Crippen LogP contribution >= 0.6 is 0 Å². The molecule has 0 aromatic heterocycles. The summed E-state index contributed by atoms with van der Waals surface area (Å²) in [6.07, 6.45) is 6.23. The lowest BCUT2D eigenvalue weighted by atomic mass is 9.76. The van der Waals surface area contributed by atoms with Crippen molar-refractivity contribution in [3.8, 4) is 0 Å². The Morgan fingerprint density at radius 2 is 2.06 bits per heavy atom. The molecule has 2 atom stereocenters. The quantitative estimate of drug-likeness (QED) is 0.798. The van der Waals surface area contributed by atoms with Crippen LogP contribution in [0, 0.1) is 5.92 Å². The van der Waals surface area contributed by atoms with Gasteiger partial charge in [0.1, 0.15) is 0 Å². The molecule has 0 radical (unpaired) electrons. The van der Waals surface area contributed by atoms with Crippen molar-refractivity contribution in [3.05, 3.63) is 0 Å². The van der Waals surface area contributed by atoms with Crippen molar-refractivity contribution in [3.63, 3.8) is 0 Å². The number of hydrogen-bond acceptors (Lipinski definition) is 2. The lowest BCUT2D eigenvalue weighted by molar-refractivity contribution is 0.0906. The van der Waals surface area contributed by atoms with Gasteiger partial charge in [0.2, 0.25) is 0 Å². The highest BCUT2D eigenvalue weighted by Crippen LogP contribution is 2.32. The Kier molecular flexibility index (Phi) is 4.42. The molecule has 2 heteroatoms. The van der Waals surface area contributed by atoms with Gasteiger partial charge in [-0.1, -0.05) is 26.7 Å². The van der Waals surface area contributed by atoms with Gasteiger partial charge in [-0.2, -0.15) is 0 Å². The predicted octanol–water partition coefficient (Wildman–Crippen LogP) is 3.01. The Morgan fingerprint density at radius 3 is 2.56 bits per heavy atom. The van der Waals surface area contributed by atoms with Gasteiger partial charge in [-0.15, -0.1) is 0 Å². The Labute approximate surface area is 102 Å². The van der Waals surface area contributed by atoms with E-state index in [4.69, 9.17) is 5.73 Å². The minimum Gasteiger partial charge on any atom is -0.324 e. The van der Waals surface area contributed by atoms with Gasteiger partial charge >= 0.3 is 0 Å². The number of likely N-dealkylation sites (N-methyl/N-ethyl adjacent to an activating group) is 1. The van der Waals surface area contributed by atoms with Crippen LogP contribution in [-0.2, 0) is 0 Å². The summed E-state index contributed by atoms with van der Waals surface area (Å²) >= 11 is 0. The maximum atomic E-state index is 6.56. The molecule has 0 aromatic rings. The van der Waals surface area contributed by atoms with Crippen molar-refractivity contribution in [2.45, 2.75) is 70.9 Å². The summed E-state index contributed by atoms with van der Waals surface area (Å²) < 4.78 is 0. The van der Waals surface area contributed by atoms with E-state index in [0.717, 1.165) is 12.5 Å². The normalized spacial score (nSPS) is 32.1. The van der Waals surface area contributed by atoms with Gasteiger partial charge in [-0.05, 0) is 46.1 Å². The van der Waals surface area contributed by atoms with Crippen LogP contribution in [-0.4, -0.2) is 29.6 Å². The molecule has 2 nitrogen and oxygen atoms in total. The molecule has 0 amide bonds. The summed E-state index contributed by atoms with van der Waals surface area (Å²) in [5.74, 6) is 0.803. The van der Waals surface area contributed by atoms with Crippen molar-refractivity contribution >= 4 is 0 Å². The molecule has 0 heterocycles. The Balaban J connectivity index is 2.58. The van der Waals surface area contributed by atoms with E-state index in [9.17, 15) is 0 Å². The van der Waals surface area contributed by atoms with Crippen LogP contribution in [0.4, 0.5) is 0 Å². The van der Waals surface area contributed by atoms with Crippen molar-refractivity contribution < 1.29 is 0 Å². The summed E-state index contributed by atoms with van der Waals surface area (Å²) in [5.41, 5.74) is 6.89. The minimum absolute atomic E-state index is 0.0544. The number of hydrogen-bond donors (Lipinski definition) is 1. The van der Waals surface area contributed by atoms with Gasteiger partial charge in [0.15, 0.2) is 0 Å². The van der Waals surface area contributed by atoms with Crippen LogP contribution in [0.15, 0.2) is 0 Å². The van der Waals surface area contributed by atoms with Crippen LogP contribution in [0.1, 0.15) is 59.8 Å². The summed E-state index contributed by atoms with van der Waals surface area (Å²) in [6, 6.07) is 0. The van der Waals surface area contributed by atoms with Crippen molar-refractivity contribution in [2.24, 2.45) is 11.7 Å². The molecule has 2 unspecified atom stereocenters. The third-order valence-corrected chi connectivity index (χ3v) is 4.58. The predicted molar refractivity (Wildman–Crippen MR) is 71.6 cm³/mol. The van der Waals surface area contributed by atoms with Gasteiger partial charge in [-0.3, -0.25) is 4.90 Å². The monoisotopic (exact) mass is 226 g/mol. The molecular weight excluding hydrogens is 196 g/mol. The largest absolute Gasteiger partial charge is 0.324 e. The zero-order chi connectivity index (χ0) is 12.4. The van der Waals surface area contributed by atoms with Crippen molar-refractivity contribution in [1.29, 1.82) is 0 Å². The van der Waals surface area contributed by atoms with Crippen LogP contribution in [0.25, 0.3) is 0 Å². The Morgan fingerprint density at radius 1 is 1.44 bits per heavy atom. The fourth-order valence-corrected chi connectivity index (χ4v) is 2.80. The number of nitrogens with two attached hydrogens (primary N) is 1.